The fraction of sp³-hybridized carbons (Fsp3) is 0. The smallest absolute Gasteiger partial charge is 0.343 e. The summed E-state index contributed by atoms with van der Waals surface area (Å²) in [5, 5.41) is 4.46. The Bertz CT molecular complexity index is 1590. The van der Waals surface area contributed by atoms with E-state index in [4.69, 9.17) is 16.3 Å². The first-order valence-electron chi connectivity index (χ1n) is 11.0. The second-order valence-electron chi connectivity index (χ2n) is 7.77. The minimum absolute atomic E-state index is 0.127. The van der Waals surface area contributed by atoms with Gasteiger partial charge in [0.05, 0.1) is 16.7 Å². The largest absolute Gasteiger partial charge is 0.422 e. The van der Waals surface area contributed by atoms with Crippen LogP contribution in [0.1, 0.15) is 26.3 Å². The lowest BCUT2D eigenvalue weighted by Gasteiger charge is -2.09. The van der Waals surface area contributed by atoms with E-state index in [1.54, 1.807) is 60.7 Å². The Kier molecular flexibility index (Phi) is 8.57. The number of halogens is 2. The summed E-state index contributed by atoms with van der Waals surface area (Å²) in [4.78, 5) is 25.1. The Morgan fingerprint density at radius 2 is 1.53 bits per heavy atom. The standard InChI is InChI=1S/C27H19BrClN3O5S/c28-21-10-15-25(37-27(34)19-6-11-22(29)12-7-19)20(16-21)17-30-31-26(33)18-8-13-23(14-9-18)32-38(35,36)24-4-2-1-3-5-24/h1-17,32H,(H,31,33)/b30-17-. The molecule has 0 aliphatic rings. The van der Waals surface area contributed by atoms with Crippen LogP contribution in [-0.2, 0) is 10.0 Å². The average Bonchev–Trinajstić information content (AvgIpc) is 2.91. The number of benzene rings is 4. The number of rotatable bonds is 8. The molecule has 0 radical (unpaired) electrons. The van der Waals surface area contributed by atoms with Crippen molar-refractivity contribution in [1.82, 2.24) is 5.43 Å². The van der Waals surface area contributed by atoms with E-state index in [0.29, 0.717) is 26.3 Å². The number of nitrogens with one attached hydrogen (secondary N) is 2. The van der Waals surface area contributed by atoms with Gasteiger partial charge in [-0.2, -0.15) is 5.10 Å². The first-order valence-corrected chi connectivity index (χ1v) is 13.7. The third-order valence-electron chi connectivity index (χ3n) is 5.08. The number of ether oxygens (including phenoxy) is 1. The van der Waals surface area contributed by atoms with E-state index >= 15 is 0 Å². The van der Waals surface area contributed by atoms with Gasteiger partial charge in [0.25, 0.3) is 15.9 Å². The molecule has 4 rings (SSSR count). The first kappa shape index (κ1) is 27.1. The van der Waals surface area contributed by atoms with E-state index in [9.17, 15) is 18.0 Å². The van der Waals surface area contributed by atoms with Gasteiger partial charge < -0.3 is 4.74 Å². The number of hydrazone groups is 1. The topological polar surface area (TPSA) is 114 Å². The highest BCUT2D eigenvalue weighted by atomic mass is 79.9. The van der Waals surface area contributed by atoms with Gasteiger partial charge in [0.15, 0.2) is 0 Å². The summed E-state index contributed by atoms with van der Waals surface area (Å²) in [6.07, 6.45) is 1.34. The monoisotopic (exact) mass is 611 g/mol. The number of sulfonamides is 1. The summed E-state index contributed by atoms with van der Waals surface area (Å²) >= 11 is 9.23. The minimum Gasteiger partial charge on any atom is -0.422 e. The van der Waals surface area contributed by atoms with Gasteiger partial charge in [-0.25, -0.2) is 18.6 Å². The average molecular weight is 613 g/mol. The van der Waals surface area contributed by atoms with Crippen LogP contribution in [0, 0.1) is 0 Å². The normalized spacial score (nSPS) is 11.2. The molecule has 0 saturated carbocycles. The van der Waals surface area contributed by atoms with E-state index in [1.165, 1.54) is 42.6 Å². The van der Waals surface area contributed by atoms with Crippen molar-refractivity contribution in [3.63, 3.8) is 0 Å². The van der Waals surface area contributed by atoms with Crippen LogP contribution in [0.15, 0.2) is 112 Å². The molecule has 0 aliphatic carbocycles. The number of carbonyl (C=O) groups is 2. The molecule has 2 N–H and O–H groups in total. The Morgan fingerprint density at radius 3 is 2.21 bits per heavy atom. The van der Waals surface area contributed by atoms with Crippen molar-refractivity contribution >= 4 is 61.3 Å². The predicted octanol–water partition coefficient (Wildman–Crippen LogP) is 5.89. The van der Waals surface area contributed by atoms with Crippen molar-refractivity contribution in [2.24, 2.45) is 5.10 Å². The molecule has 0 aliphatic heterocycles. The van der Waals surface area contributed by atoms with Gasteiger partial charge in [0, 0.05) is 26.3 Å². The van der Waals surface area contributed by atoms with Crippen LogP contribution < -0.4 is 14.9 Å². The van der Waals surface area contributed by atoms with Crippen molar-refractivity contribution in [1.29, 1.82) is 0 Å². The lowest BCUT2D eigenvalue weighted by atomic mass is 10.2. The van der Waals surface area contributed by atoms with Gasteiger partial charge in [-0.3, -0.25) is 9.52 Å². The summed E-state index contributed by atoms with van der Waals surface area (Å²) in [5.41, 5.74) is 3.72. The Balaban J connectivity index is 1.40. The molecular weight excluding hydrogens is 594 g/mol. The highest BCUT2D eigenvalue weighted by molar-refractivity contribution is 9.10. The second kappa shape index (κ2) is 12.0. The molecule has 0 spiro atoms. The second-order valence-corrected chi connectivity index (χ2v) is 10.8. The van der Waals surface area contributed by atoms with E-state index < -0.39 is 21.9 Å². The fourth-order valence-electron chi connectivity index (χ4n) is 3.19. The van der Waals surface area contributed by atoms with Crippen LogP contribution in [0.5, 0.6) is 5.75 Å². The Labute approximate surface area is 232 Å². The molecule has 1 amide bonds. The SMILES string of the molecule is O=C(N/N=C\c1cc(Br)ccc1OC(=O)c1ccc(Cl)cc1)c1ccc(NS(=O)(=O)c2ccccc2)cc1. The molecule has 192 valence electrons. The van der Waals surface area contributed by atoms with Gasteiger partial charge >= 0.3 is 5.97 Å². The molecule has 4 aromatic rings. The zero-order valence-corrected chi connectivity index (χ0v) is 22.6. The number of esters is 1. The Hall–Kier alpha value is -3.99. The van der Waals surface area contributed by atoms with Crippen LogP contribution in [-0.4, -0.2) is 26.5 Å². The third kappa shape index (κ3) is 7.06. The summed E-state index contributed by atoms with van der Waals surface area (Å²) in [6.45, 7) is 0. The van der Waals surface area contributed by atoms with Crippen molar-refractivity contribution in [2.45, 2.75) is 4.90 Å². The van der Waals surface area contributed by atoms with Gasteiger partial charge in [-0.05, 0) is 78.9 Å². The summed E-state index contributed by atoms with van der Waals surface area (Å²) in [7, 11) is -3.75. The van der Waals surface area contributed by atoms with Gasteiger partial charge in [-0.15, -0.1) is 0 Å². The fourth-order valence-corrected chi connectivity index (χ4v) is 4.77. The van der Waals surface area contributed by atoms with Crippen molar-refractivity contribution in [3.05, 3.63) is 123 Å². The maximum Gasteiger partial charge on any atom is 0.343 e. The van der Waals surface area contributed by atoms with Crippen LogP contribution in [0.25, 0.3) is 0 Å². The first-order chi connectivity index (χ1) is 18.2. The molecule has 0 heterocycles. The number of amides is 1. The van der Waals surface area contributed by atoms with E-state index in [2.05, 4.69) is 31.2 Å². The molecule has 8 nitrogen and oxygen atoms in total. The number of hydrogen-bond donors (Lipinski definition) is 2. The maximum atomic E-state index is 12.5. The lowest BCUT2D eigenvalue weighted by molar-refractivity contribution is 0.0734. The molecule has 0 saturated heterocycles. The summed E-state index contributed by atoms with van der Waals surface area (Å²) < 4.78 is 33.6. The lowest BCUT2D eigenvalue weighted by Crippen LogP contribution is -2.18. The molecular formula is C27H19BrClN3O5S. The number of hydrogen-bond acceptors (Lipinski definition) is 6. The van der Waals surface area contributed by atoms with Gasteiger partial charge in [0.2, 0.25) is 0 Å². The van der Waals surface area contributed by atoms with E-state index in [-0.39, 0.29) is 16.2 Å². The highest BCUT2D eigenvalue weighted by Crippen LogP contribution is 2.23. The van der Waals surface area contributed by atoms with Crippen LogP contribution in [0.3, 0.4) is 0 Å². The highest BCUT2D eigenvalue weighted by Gasteiger charge is 2.14. The van der Waals surface area contributed by atoms with E-state index in [1.807, 2.05) is 0 Å². The predicted molar refractivity (Wildman–Crippen MR) is 149 cm³/mol. The van der Waals surface area contributed by atoms with E-state index in [0.717, 1.165) is 0 Å². The van der Waals surface area contributed by atoms with Crippen molar-refractivity contribution in [3.8, 4) is 5.75 Å². The molecule has 0 unspecified atom stereocenters. The zero-order valence-electron chi connectivity index (χ0n) is 19.5. The molecule has 0 atom stereocenters. The molecule has 11 heteroatoms. The van der Waals surface area contributed by atoms with Crippen molar-refractivity contribution < 1.29 is 22.7 Å². The minimum atomic E-state index is -3.75. The van der Waals surface area contributed by atoms with Crippen LogP contribution >= 0.6 is 27.5 Å². The molecule has 0 aromatic heterocycles. The molecule has 38 heavy (non-hydrogen) atoms. The van der Waals surface area contributed by atoms with Crippen molar-refractivity contribution in [2.75, 3.05) is 4.72 Å². The maximum absolute atomic E-state index is 12.5. The Morgan fingerprint density at radius 1 is 0.868 bits per heavy atom. The third-order valence-corrected chi connectivity index (χ3v) is 7.22. The number of carbonyl (C=O) groups excluding carboxylic acids is 2. The van der Waals surface area contributed by atoms with Crippen LogP contribution in [0.2, 0.25) is 5.02 Å². The number of nitrogens with zero attached hydrogens (tertiary/aromatic N) is 1. The van der Waals surface area contributed by atoms with Gasteiger partial charge in [-0.1, -0.05) is 45.7 Å². The molecule has 4 aromatic carbocycles. The molecule has 0 bridgehead atoms. The van der Waals surface area contributed by atoms with Crippen LogP contribution in [0.4, 0.5) is 5.69 Å². The zero-order chi connectivity index (χ0) is 27.1. The summed E-state index contributed by atoms with van der Waals surface area (Å²) in [5.74, 6) is -0.861. The summed E-state index contributed by atoms with van der Waals surface area (Å²) in [6, 6.07) is 25.1. The molecule has 0 fully saturated rings. The van der Waals surface area contributed by atoms with Gasteiger partial charge in [0.1, 0.15) is 5.75 Å². The quantitative estimate of drug-likeness (QED) is 0.112. The number of anilines is 1.